The van der Waals surface area contributed by atoms with Crippen molar-refractivity contribution >= 4 is 29.3 Å². The summed E-state index contributed by atoms with van der Waals surface area (Å²) < 4.78 is 1.71. The fourth-order valence-corrected chi connectivity index (χ4v) is 3.51. The lowest BCUT2D eigenvalue weighted by Gasteiger charge is -2.12. The Hall–Kier alpha value is -1.46. The Morgan fingerprint density at radius 2 is 2.10 bits per heavy atom. The molecule has 0 fully saturated rings. The summed E-state index contributed by atoms with van der Waals surface area (Å²) in [7, 11) is 1.82. The molecule has 0 aliphatic rings. The molecule has 21 heavy (non-hydrogen) atoms. The highest BCUT2D eigenvalue weighted by Crippen LogP contribution is 2.27. The maximum Gasteiger partial charge on any atom is 0.316 e. The van der Waals surface area contributed by atoms with Crippen molar-refractivity contribution in [2.75, 3.05) is 0 Å². The number of thioether (sulfide) groups is 1. The lowest BCUT2D eigenvalue weighted by molar-refractivity contribution is -0.136. The van der Waals surface area contributed by atoms with Gasteiger partial charge in [-0.05, 0) is 18.9 Å². The first kappa shape index (κ1) is 15.9. The molecule has 1 atom stereocenters. The SMILES string of the molecule is Cc1nn(C)c(CSC(Cc2ccccc2)C(=O)O)c1Cl. The maximum absolute atomic E-state index is 11.4. The van der Waals surface area contributed by atoms with E-state index in [9.17, 15) is 9.90 Å². The number of halogens is 1. The van der Waals surface area contributed by atoms with Gasteiger partial charge in [-0.15, -0.1) is 11.8 Å². The molecule has 1 N–H and O–H groups in total. The van der Waals surface area contributed by atoms with Crippen molar-refractivity contribution < 1.29 is 9.90 Å². The first-order valence-electron chi connectivity index (χ1n) is 6.55. The van der Waals surface area contributed by atoms with Crippen molar-refractivity contribution in [2.45, 2.75) is 24.3 Å². The van der Waals surface area contributed by atoms with Crippen LogP contribution >= 0.6 is 23.4 Å². The molecule has 0 radical (unpaired) electrons. The molecule has 1 unspecified atom stereocenters. The first-order valence-corrected chi connectivity index (χ1v) is 7.98. The van der Waals surface area contributed by atoms with Crippen LogP contribution in [-0.4, -0.2) is 26.1 Å². The Labute approximate surface area is 133 Å². The van der Waals surface area contributed by atoms with E-state index in [1.165, 1.54) is 11.8 Å². The summed E-state index contributed by atoms with van der Waals surface area (Å²) in [6.45, 7) is 1.84. The van der Waals surface area contributed by atoms with Crippen molar-refractivity contribution in [3.8, 4) is 0 Å². The standard InChI is InChI=1S/C15H17ClN2O2S/c1-10-14(16)12(18(2)17-10)9-21-13(15(19)20)8-11-6-4-3-5-7-11/h3-7,13H,8-9H2,1-2H3,(H,19,20). The third-order valence-corrected chi connectivity index (χ3v) is 4.92. The van der Waals surface area contributed by atoms with E-state index in [0.717, 1.165) is 17.0 Å². The normalized spacial score (nSPS) is 12.3. The molecule has 0 bridgehead atoms. The van der Waals surface area contributed by atoms with Crippen molar-refractivity contribution in [1.82, 2.24) is 9.78 Å². The highest BCUT2D eigenvalue weighted by Gasteiger charge is 2.20. The van der Waals surface area contributed by atoms with E-state index in [1.54, 1.807) is 4.68 Å². The molecule has 112 valence electrons. The van der Waals surface area contributed by atoms with Crippen LogP contribution in [0.3, 0.4) is 0 Å². The number of carboxylic acids is 1. The molecule has 0 amide bonds. The van der Waals surface area contributed by atoms with Gasteiger partial charge >= 0.3 is 5.97 Å². The Balaban J connectivity index is 2.05. The Morgan fingerprint density at radius 3 is 2.62 bits per heavy atom. The highest BCUT2D eigenvalue weighted by molar-refractivity contribution is 7.99. The highest BCUT2D eigenvalue weighted by atomic mass is 35.5. The molecule has 6 heteroatoms. The number of aromatic nitrogens is 2. The second kappa shape index (κ2) is 7.00. The average Bonchev–Trinajstić information content (AvgIpc) is 2.69. The third-order valence-electron chi connectivity index (χ3n) is 3.22. The number of hydrogen-bond donors (Lipinski definition) is 1. The molecule has 1 heterocycles. The van der Waals surface area contributed by atoms with Crippen molar-refractivity contribution in [2.24, 2.45) is 7.05 Å². The number of hydrogen-bond acceptors (Lipinski definition) is 3. The van der Waals surface area contributed by atoms with Gasteiger partial charge in [-0.2, -0.15) is 5.10 Å². The van der Waals surface area contributed by atoms with Gasteiger partial charge in [0.2, 0.25) is 0 Å². The summed E-state index contributed by atoms with van der Waals surface area (Å²) in [6.07, 6.45) is 0.495. The summed E-state index contributed by atoms with van der Waals surface area (Å²) in [5.74, 6) is -0.279. The van der Waals surface area contributed by atoms with Crippen molar-refractivity contribution in [1.29, 1.82) is 0 Å². The van der Waals surface area contributed by atoms with E-state index in [1.807, 2.05) is 44.3 Å². The molecule has 0 spiro atoms. The van der Waals surface area contributed by atoms with E-state index in [2.05, 4.69) is 5.10 Å². The van der Waals surface area contributed by atoms with Crippen LogP contribution in [-0.2, 0) is 24.0 Å². The minimum atomic E-state index is -0.807. The molecular formula is C15H17ClN2O2S. The molecule has 1 aromatic carbocycles. The van der Waals surface area contributed by atoms with Gasteiger partial charge in [0.1, 0.15) is 5.25 Å². The third kappa shape index (κ3) is 4.02. The van der Waals surface area contributed by atoms with Crippen LogP contribution in [0.2, 0.25) is 5.02 Å². The van der Waals surface area contributed by atoms with Crippen LogP contribution in [0.4, 0.5) is 0 Å². The van der Waals surface area contributed by atoms with Crippen molar-refractivity contribution in [3.05, 3.63) is 52.3 Å². The van der Waals surface area contributed by atoms with Crippen LogP contribution in [0.1, 0.15) is 17.0 Å². The summed E-state index contributed by atoms with van der Waals surface area (Å²) >= 11 is 7.57. The van der Waals surface area contributed by atoms with E-state index >= 15 is 0 Å². The molecule has 0 aliphatic carbocycles. The van der Waals surface area contributed by atoms with Crippen LogP contribution in [0.5, 0.6) is 0 Å². The molecule has 2 rings (SSSR count). The molecule has 0 saturated heterocycles. The zero-order valence-corrected chi connectivity index (χ0v) is 13.5. The summed E-state index contributed by atoms with van der Waals surface area (Å²) in [6, 6.07) is 9.64. The molecule has 2 aromatic rings. The maximum atomic E-state index is 11.4. The molecular weight excluding hydrogens is 308 g/mol. The predicted molar refractivity (Wildman–Crippen MR) is 85.8 cm³/mol. The fraction of sp³-hybridized carbons (Fsp3) is 0.333. The van der Waals surface area contributed by atoms with E-state index in [-0.39, 0.29) is 0 Å². The second-order valence-electron chi connectivity index (χ2n) is 4.80. The lowest BCUT2D eigenvalue weighted by Crippen LogP contribution is -2.19. The quantitative estimate of drug-likeness (QED) is 0.885. The second-order valence-corrected chi connectivity index (χ2v) is 6.37. The Kier molecular flexibility index (Phi) is 5.31. The average molecular weight is 325 g/mol. The smallest absolute Gasteiger partial charge is 0.316 e. The molecule has 0 saturated carbocycles. The van der Waals surface area contributed by atoms with Gasteiger partial charge < -0.3 is 5.11 Å². The number of aliphatic carboxylic acids is 1. The van der Waals surface area contributed by atoms with Gasteiger partial charge in [0.05, 0.1) is 16.4 Å². The van der Waals surface area contributed by atoms with Crippen LogP contribution < -0.4 is 0 Å². The fourth-order valence-electron chi connectivity index (χ4n) is 2.06. The lowest BCUT2D eigenvalue weighted by atomic mass is 10.1. The number of carboxylic acid groups (broad SMARTS) is 1. The Bertz CT molecular complexity index is 628. The number of aryl methyl sites for hydroxylation is 2. The zero-order valence-electron chi connectivity index (χ0n) is 11.9. The number of carbonyl (C=O) groups is 1. The first-order chi connectivity index (χ1) is 9.99. The monoisotopic (exact) mass is 324 g/mol. The van der Waals surface area contributed by atoms with Crippen molar-refractivity contribution in [3.63, 3.8) is 0 Å². The minimum absolute atomic E-state index is 0.495. The van der Waals surface area contributed by atoms with Crippen LogP contribution in [0, 0.1) is 6.92 Å². The largest absolute Gasteiger partial charge is 0.480 e. The van der Waals surface area contributed by atoms with Crippen LogP contribution in [0.25, 0.3) is 0 Å². The molecule has 4 nitrogen and oxygen atoms in total. The number of rotatable bonds is 6. The van der Waals surface area contributed by atoms with Gasteiger partial charge in [0.15, 0.2) is 0 Å². The molecule has 0 aliphatic heterocycles. The van der Waals surface area contributed by atoms with Gasteiger partial charge in [-0.25, -0.2) is 0 Å². The molecule has 1 aromatic heterocycles. The van der Waals surface area contributed by atoms with E-state index in [4.69, 9.17) is 11.6 Å². The predicted octanol–water partition coefficient (Wildman–Crippen LogP) is 3.31. The van der Waals surface area contributed by atoms with Gasteiger partial charge in [-0.1, -0.05) is 41.9 Å². The van der Waals surface area contributed by atoms with Crippen LogP contribution in [0.15, 0.2) is 30.3 Å². The van der Waals surface area contributed by atoms with E-state index < -0.39 is 11.2 Å². The van der Waals surface area contributed by atoms with E-state index in [0.29, 0.717) is 17.2 Å². The summed E-state index contributed by atoms with van der Waals surface area (Å²) in [5, 5.41) is 13.7. The topological polar surface area (TPSA) is 55.1 Å². The van der Waals surface area contributed by atoms with Gasteiger partial charge in [0.25, 0.3) is 0 Å². The Morgan fingerprint density at radius 1 is 1.43 bits per heavy atom. The van der Waals surface area contributed by atoms with Gasteiger partial charge in [0, 0.05) is 12.8 Å². The summed E-state index contributed by atoms with van der Waals surface area (Å²) in [5.41, 5.74) is 2.65. The zero-order chi connectivity index (χ0) is 15.4. The number of nitrogens with zero attached hydrogens (tertiary/aromatic N) is 2. The van der Waals surface area contributed by atoms with Gasteiger partial charge in [-0.3, -0.25) is 9.48 Å². The minimum Gasteiger partial charge on any atom is -0.480 e. The summed E-state index contributed by atoms with van der Waals surface area (Å²) in [4.78, 5) is 11.4. The number of benzene rings is 1.